The standard InChI is InChI=1S/C17H18F2N4O3/c18-13-3-1-2-12(17(13)19)8-22(7-6-16(25)26)15(24)10-23-9-14(20-21-23)11-4-5-11/h1-3,9,11H,4-8,10H2,(H,25,26). The summed E-state index contributed by atoms with van der Waals surface area (Å²) in [5, 5.41) is 16.8. The molecule has 2 aromatic rings. The van der Waals surface area contributed by atoms with Gasteiger partial charge < -0.3 is 10.0 Å². The van der Waals surface area contributed by atoms with Gasteiger partial charge in [-0.3, -0.25) is 9.59 Å². The zero-order valence-electron chi connectivity index (χ0n) is 13.9. The highest BCUT2D eigenvalue weighted by atomic mass is 19.2. The average Bonchev–Trinajstić information content (AvgIpc) is 3.35. The van der Waals surface area contributed by atoms with E-state index in [4.69, 9.17) is 5.11 Å². The van der Waals surface area contributed by atoms with Gasteiger partial charge in [0.15, 0.2) is 11.6 Å². The van der Waals surface area contributed by atoms with E-state index in [9.17, 15) is 18.4 Å². The summed E-state index contributed by atoms with van der Waals surface area (Å²) in [5.41, 5.74) is 0.812. The van der Waals surface area contributed by atoms with Crippen molar-refractivity contribution in [3.63, 3.8) is 0 Å². The van der Waals surface area contributed by atoms with Gasteiger partial charge >= 0.3 is 5.97 Å². The Morgan fingerprint density at radius 1 is 1.31 bits per heavy atom. The third-order valence-electron chi connectivity index (χ3n) is 4.19. The Kier molecular flexibility index (Phi) is 5.24. The van der Waals surface area contributed by atoms with E-state index in [0.29, 0.717) is 5.92 Å². The summed E-state index contributed by atoms with van der Waals surface area (Å²) < 4.78 is 28.7. The van der Waals surface area contributed by atoms with Crippen LogP contribution in [-0.2, 0) is 22.7 Å². The van der Waals surface area contributed by atoms with E-state index in [1.165, 1.54) is 21.7 Å². The van der Waals surface area contributed by atoms with Crippen molar-refractivity contribution in [1.82, 2.24) is 19.9 Å². The van der Waals surface area contributed by atoms with Crippen molar-refractivity contribution < 1.29 is 23.5 Å². The van der Waals surface area contributed by atoms with Crippen molar-refractivity contribution in [2.45, 2.75) is 38.3 Å². The van der Waals surface area contributed by atoms with Crippen LogP contribution >= 0.6 is 0 Å². The fraction of sp³-hybridized carbons (Fsp3) is 0.412. The largest absolute Gasteiger partial charge is 0.481 e. The second kappa shape index (κ2) is 7.59. The summed E-state index contributed by atoms with van der Waals surface area (Å²) in [7, 11) is 0. The molecule has 26 heavy (non-hydrogen) atoms. The van der Waals surface area contributed by atoms with Crippen molar-refractivity contribution >= 4 is 11.9 Å². The molecule has 0 bridgehead atoms. The van der Waals surface area contributed by atoms with Crippen LogP contribution in [-0.4, -0.2) is 43.4 Å². The number of aliphatic carboxylic acids is 1. The lowest BCUT2D eigenvalue weighted by molar-refractivity contribution is -0.139. The summed E-state index contributed by atoms with van der Waals surface area (Å²) in [5.74, 6) is -3.19. The van der Waals surface area contributed by atoms with Crippen molar-refractivity contribution in [1.29, 1.82) is 0 Å². The van der Waals surface area contributed by atoms with Gasteiger partial charge in [-0.2, -0.15) is 0 Å². The number of carbonyl (C=O) groups excluding carboxylic acids is 1. The fourth-order valence-corrected chi connectivity index (χ4v) is 2.59. The van der Waals surface area contributed by atoms with Crippen LogP contribution < -0.4 is 0 Å². The third-order valence-corrected chi connectivity index (χ3v) is 4.19. The first kappa shape index (κ1) is 18.0. The van der Waals surface area contributed by atoms with Gasteiger partial charge in [-0.05, 0) is 18.9 Å². The van der Waals surface area contributed by atoms with Crippen molar-refractivity contribution in [3.8, 4) is 0 Å². The molecule has 1 heterocycles. The Bertz CT molecular complexity index is 820. The number of benzene rings is 1. The maximum Gasteiger partial charge on any atom is 0.305 e. The van der Waals surface area contributed by atoms with Crippen LogP contribution in [0.5, 0.6) is 0 Å². The predicted molar refractivity (Wildman–Crippen MR) is 86.0 cm³/mol. The zero-order chi connectivity index (χ0) is 18.7. The minimum absolute atomic E-state index is 0.0130. The quantitative estimate of drug-likeness (QED) is 0.773. The molecule has 1 aromatic heterocycles. The van der Waals surface area contributed by atoms with Crippen LogP contribution in [0.1, 0.15) is 36.4 Å². The molecule has 1 aliphatic carbocycles. The first-order valence-electron chi connectivity index (χ1n) is 8.26. The highest BCUT2D eigenvalue weighted by Gasteiger charge is 2.27. The van der Waals surface area contributed by atoms with Crippen molar-refractivity contribution in [2.24, 2.45) is 0 Å². The number of rotatable bonds is 8. The average molecular weight is 364 g/mol. The number of nitrogens with zero attached hydrogens (tertiary/aromatic N) is 4. The highest BCUT2D eigenvalue weighted by Crippen LogP contribution is 2.38. The highest BCUT2D eigenvalue weighted by molar-refractivity contribution is 5.76. The number of carboxylic acid groups (broad SMARTS) is 1. The van der Waals surface area contributed by atoms with Crippen LogP contribution in [0.25, 0.3) is 0 Å². The van der Waals surface area contributed by atoms with Gasteiger partial charge in [0.1, 0.15) is 6.54 Å². The number of hydrogen-bond acceptors (Lipinski definition) is 4. The van der Waals surface area contributed by atoms with Crippen molar-refractivity contribution in [2.75, 3.05) is 6.54 Å². The molecule has 1 N–H and O–H groups in total. The van der Waals surface area contributed by atoms with E-state index in [2.05, 4.69) is 10.3 Å². The van der Waals surface area contributed by atoms with Crippen LogP contribution in [0, 0.1) is 11.6 Å². The molecular formula is C17H18F2N4O3. The van der Waals surface area contributed by atoms with Gasteiger partial charge in [-0.25, -0.2) is 13.5 Å². The molecule has 138 valence electrons. The predicted octanol–water partition coefficient (Wildman–Crippen LogP) is 1.94. The molecule has 0 saturated heterocycles. The Morgan fingerprint density at radius 2 is 2.08 bits per heavy atom. The van der Waals surface area contributed by atoms with Crippen LogP contribution in [0.4, 0.5) is 8.78 Å². The summed E-state index contributed by atoms with van der Waals surface area (Å²) in [4.78, 5) is 24.6. The number of halogens is 2. The number of hydrogen-bond donors (Lipinski definition) is 1. The second-order valence-electron chi connectivity index (χ2n) is 6.29. The first-order chi connectivity index (χ1) is 12.4. The normalized spacial score (nSPS) is 13.6. The number of aromatic nitrogens is 3. The molecule has 0 unspecified atom stereocenters. The molecule has 0 radical (unpaired) electrons. The van der Waals surface area contributed by atoms with Gasteiger partial charge in [-0.15, -0.1) is 5.10 Å². The van der Waals surface area contributed by atoms with Gasteiger partial charge in [0.25, 0.3) is 0 Å². The molecular weight excluding hydrogens is 346 g/mol. The second-order valence-corrected chi connectivity index (χ2v) is 6.29. The molecule has 1 fully saturated rings. The van der Waals surface area contributed by atoms with Crippen LogP contribution in [0.3, 0.4) is 0 Å². The smallest absolute Gasteiger partial charge is 0.305 e. The van der Waals surface area contributed by atoms with Gasteiger partial charge in [-0.1, -0.05) is 17.3 Å². The minimum atomic E-state index is -1.08. The summed E-state index contributed by atoms with van der Waals surface area (Å²) in [6.45, 7) is -0.482. The molecule has 3 rings (SSSR count). The van der Waals surface area contributed by atoms with Gasteiger partial charge in [0, 0.05) is 30.8 Å². The van der Waals surface area contributed by atoms with E-state index >= 15 is 0 Å². The van der Waals surface area contributed by atoms with Gasteiger partial charge in [0.2, 0.25) is 5.91 Å². The van der Waals surface area contributed by atoms with E-state index in [-0.39, 0.29) is 31.6 Å². The maximum absolute atomic E-state index is 13.9. The topological polar surface area (TPSA) is 88.3 Å². The van der Waals surface area contributed by atoms with Crippen LogP contribution in [0.15, 0.2) is 24.4 Å². The fourth-order valence-electron chi connectivity index (χ4n) is 2.59. The maximum atomic E-state index is 13.9. The number of carbonyl (C=O) groups is 2. The third kappa shape index (κ3) is 4.41. The Morgan fingerprint density at radius 3 is 2.77 bits per heavy atom. The Hall–Kier alpha value is -2.84. The summed E-state index contributed by atoms with van der Waals surface area (Å²) in [6.07, 6.45) is 3.49. The molecule has 0 aliphatic heterocycles. The van der Waals surface area contributed by atoms with E-state index < -0.39 is 23.5 Å². The molecule has 1 saturated carbocycles. The molecule has 1 aliphatic rings. The summed E-state index contributed by atoms with van der Waals surface area (Å²) in [6, 6.07) is 3.68. The van der Waals surface area contributed by atoms with E-state index in [1.54, 1.807) is 6.20 Å². The zero-order valence-corrected chi connectivity index (χ0v) is 13.9. The molecule has 1 amide bonds. The molecule has 7 nitrogen and oxygen atoms in total. The van der Waals surface area contributed by atoms with Crippen molar-refractivity contribution in [3.05, 3.63) is 47.3 Å². The monoisotopic (exact) mass is 364 g/mol. The Labute approximate surface area is 148 Å². The number of amides is 1. The lowest BCUT2D eigenvalue weighted by atomic mass is 10.2. The van der Waals surface area contributed by atoms with Gasteiger partial charge in [0.05, 0.1) is 12.1 Å². The lowest BCUT2D eigenvalue weighted by Crippen LogP contribution is -2.35. The van der Waals surface area contributed by atoms with Crippen LogP contribution in [0.2, 0.25) is 0 Å². The van der Waals surface area contributed by atoms with E-state index in [1.807, 2.05) is 0 Å². The number of carboxylic acids is 1. The lowest BCUT2D eigenvalue weighted by Gasteiger charge is -2.22. The summed E-state index contributed by atoms with van der Waals surface area (Å²) >= 11 is 0. The molecule has 0 spiro atoms. The Balaban J connectivity index is 1.71. The molecule has 1 aromatic carbocycles. The molecule has 0 atom stereocenters. The molecule has 9 heteroatoms. The SMILES string of the molecule is O=C(O)CCN(Cc1cccc(F)c1F)C(=O)Cn1cc(C2CC2)nn1. The minimum Gasteiger partial charge on any atom is -0.481 e. The van der Waals surface area contributed by atoms with E-state index in [0.717, 1.165) is 24.6 Å². The first-order valence-corrected chi connectivity index (χ1v) is 8.26.